The molecule has 1 saturated carbocycles. The van der Waals surface area contributed by atoms with E-state index in [0.29, 0.717) is 11.8 Å². The van der Waals surface area contributed by atoms with Crippen molar-refractivity contribution in [3.63, 3.8) is 0 Å². The van der Waals surface area contributed by atoms with Crippen LogP contribution in [0.4, 0.5) is 0 Å². The number of hydrogen-bond acceptors (Lipinski definition) is 2. The summed E-state index contributed by atoms with van der Waals surface area (Å²) in [5, 5.41) is 0. The maximum absolute atomic E-state index is 6.40. The number of rotatable bonds is 3. The van der Waals surface area contributed by atoms with Crippen LogP contribution < -0.4 is 5.73 Å². The van der Waals surface area contributed by atoms with Crippen LogP contribution in [0.2, 0.25) is 0 Å². The van der Waals surface area contributed by atoms with Crippen LogP contribution >= 0.6 is 27.3 Å². The molecular formula is C15H16BrNS. The van der Waals surface area contributed by atoms with Gasteiger partial charge < -0.3 is 5.73 Å². The summed E-state index contributed by atoms with van der Waals surface area (Å²) < 4.78 is 1.19. The van der Waals surface area contributed by atoms with E-state index in [1.165, 1.54) is 26.2 Å². The molecule has 1 aliphatic rings. The second-order valence-corrected chi connectivity index (χ2v) is 7.14. The molecule has 1 aromatic carbocycles. The average Bonchev–Trinajstić information content (AvgIpc) is 3.11. The maximum atomic E-state index is 6.40. The quantitative estimate of drug-likeness (QED) is 0.876. The topological polar surface area (TPSA) is 26.0 Å². The van der Waals surface area contributed by atoms with Gasteiger partial charge in [0.2, 0.25) is 0 Å². The fourth-order valence-corrected chi connectivity index (χ4v) is 4.19. The third-order valence-corrected chi connectivity index (χ3v) is 5.97. The third-order valence-electron chi connectivity index (χ3n) is 3.73. The van der Waals surface area contributed by atoms with Crippen molar-refractivity contribution in [1.29, 1.82) is 0 Å². The van der Waals surface area contributed by atoms with Crippen molar-refractivity contribution in [2.75, 3.05) is 0 Å². The Hall–Kier alpha value is -0.640. The first-order valence-corrected chi connectivity index (χ1v) is 7.84. The van der Waals surface area contributed by atoms with Crippen molar-refractivity contribution in [1.82, 2.24) is 0 Å². The number of thiophene rings is 1. The molecule has 3 atom stereocenters. The van der Waals surface area contributed by atoms with Gasteiger partial charge in [0.1, 0.15) is 0 Å². The van der Waals surface area contributed by atoms with Gasteiger partial charge in [0.15, 0.2) is 0 Å². The smallest absolute Gasteiger partial charge is 0.0424 e. The molecule has 3 heteroatoms. The summed E-state index contributed by atoms with van der Waals surface area (Å²) in [7, 11) is 0. The van der Waals surface area contributed by atoms with Crippen molar-refractivity contribution in [2.24, 2.45) is 11.7 Å². The van der Waals surface area contributed by atoms with E-state index < -0.39 is 0 Å². The monoisotopic (exact) mass is 321 g/mol. The molecule has 0 amide bonds. The second-order valence-electron chi connectivity index (χ2n) is 5.00. The number of aryl methyl sites for hydroxylation is 1. The fraction of sp³-hybridized carbons (Fsp3) is 0.333. The lowest BCUT2D eigenvalue weighted by molar-refractivity contribution is 0.626. The Balaban J connectivity index is 1.75. The largest absolute Gasteiger partial charge is 0.323 e. The summed E-state index contributed by atoms with van der Waals surface area (Å²) in [6, 6.07) is 13.1. The Morgan fingerprint density at radius 2 is 2.06 bits per heavy atom. The first-order chi connectivity index (χ1) is 8.66. The standard InChI is InChI=1S/C15H16BrNS/c1-9-13(16)8-14(18-9)15(17)12-7-11(12)10-5-3-2-4-6-10/h2-6,8,11-12,15H,7,17H2,1H3. The summed E-state index contributed by atoms with van der Waals surface area (Å²) in [4.78, 5) is 2.63. The van der Waals surface area contributed by atoms with E-state index in [2.05, 4.69) is 59.3 Å². The van der Waals surface area contributed by atoms with Crippen molar-refractivity contribution >= 4 is 27.3 Å². The molecular weight excluding hydrogens is 306 g/mol. The summed E-state index contributed by atoms with van der Waals surface area (Å²) in [6.45, 7) is 2.13. The summed E-state index contributed by atoms with van der Waals surface area (Å²) >= 11 is 5.38. The minimum atomic E-state index is 0.185. The molecule has 1 fully saturated rings. The number of nitrogens with two attached hydrogens (primary N) is 1. The molecule has 2 aromatic rings. The molecule has 0 spiro atoms. The average molecular weight is 322 g/mol. The van der Waals surface area contributed by atoms with Gasteiger partial charge in [-0.3, -0.25) is 0 Å². The van der Waals surface area contributed by atoms with E-state index >= 15 is 0 Å². The third kappa shape index (κ3) is 2.27. The Morgan fingerprint density at radius 3 is 2.67 bits per heavy atom. The van der Waals surface area contributed by atoms with Gasteiger partial charge in [0.25, 0.3) is 0 Å². The van der Waals surface area contributed by atoms with Crippen molar-refractivity contribution in [3.05, 3.63) is 56.2 Å². The lowest BCUT2D eigenvalue weighted by atomic mass is 10.1. The van der Waals surface area contributed by atoms with E-state index in [-0.39, 0.29) is 6.04 Å². The van der Waals surface area contributed by atoms with Gasteiger partial charge in [0.05, 0.1) is 0 Å². The predicted molar refractivity (Wildman–Crippen MR) is 81.0 cm³/mol. The van der Waals surface area contributed by atoms with E-state index in [0.717, 1.165) is 0 Å². The Labute approximate surface area is 120 Å². The highest BCUT2D eigenvalue weighted by Gasteiger charge is 2.43. The highest BCUT2D eigenvalue weighted by molar-refractivity contribution is 9.10. The van der Waals surface area contributed by atoms with Crippen molar-refractivity contribution in [2.45, 2.75) is 25.3 Å². The molecule has 1 heterocycles. The number of halogens is 1. The minimum Gasteiger partial charge on any atom is -0.323 e. The van der Waals surface area contributed by atoms with Crippen LogP contribution in [-0.4, -0.2) is 0 Å². The molecule has 3 unspecified atom stereocenters. The Kier molecular flexibility index (Phi) is 3.31. The van der Waals surface area contributed by atoms with Crippen LogP contribution in [0.3, 0.4) is 0 Å². The van der Waals surface area contributed by atoms with E-state index in [9.17, 15) is 0 Å². The highest BCUT2D eigenvalue weighted by Crippen LogP contribution is 2.54. The molecule has 1 nitrogen and oxygen atoms in total. The molecule has 0 saturated heterocycles. The van der Waals surface area contributed by atoms with Gasteiger partial charge in [0, 0.05) is 20.3 Å². The molecule has 18 heavy (non-hydrogen) atoms. The van der Waals surface area contributed by atoms with Crippen LogP contribution in [0.5, 0.6) is 0 Å². The van der Waals surface area contributed by atoms with Crippen molar-refractivity contribution < 1.29 is 0 Å². The lowest BCUT2D eigenvalue weighted by Crippen LogP contribution is -2.11. The minimum absolute atomic E-state index is 0.185. The first kappa shape index (κ1) is 12.4. The zero-order chi connectivity index (χ0) is 12.7. The van der Waals surface area contributed by atoms with Gasteiger partial charge in [-0.15, -0.1) is 11.3 Å². The predicted octanol–water partition coefficient (Wildman–Crippen LogP) is 4.62. The van der Waals surface area contributed by atoms with Crippen molar-refractivity contribution in [3.8, 4) is 0 Å². The SMILES string of the molecule is Cc1sc(C(N)C2CC2c2ccccc2)cc1Br. The second kappa shape index (κ2) is 4.80. The molecule has 1 aliphatic carbocycles. The molecule has 94 valence electrons. The molecule has 3 rings (SSSR count). The summed E-state index contributed by atoms with van der Waals surface area (Å²) in [6.07, 6.45) is 1.22. The van der Waals surface area contributed by atoms with Gasteiger partial charge in [-0.2, -0.15) is 0 Å². The normalized spacial score (nSPS) is 23.9. The zero-order valence-corrected chi connectivity index (χ0v) is 12.7. The van der Waals surface area contributed by atoms with Crippen LogP contribution in [0, 0.1) is 12.8 Å². The van der Waals surface area contributed by atoms with E-state index in [1.807, 2.05) is 11.3 Å². The zero-order valence-electron chi connectivity index (χ0n) is 10.3. The first-order valence-electron chi connectivity index (χ1n) is 6.23. The van der Waals surface area contributed by atoms with Crippen LogP contribution in [0.1, 0.15) is 33.7 Å². The number of benzene rings is 1. The number of hydrogen-bond donors (Lipinski definition) is 1. The van der Waals surface area contributed by atoms with E-state index in [1.54, 1.807) is 0 Å². The Bertz CT molecular complexity index is 529. The van der Waals surface area contributed by atoms with Crippen LogP contribution in [0.25, 0.3) is 0 Å². The maximum Gasteiger partial charge on any atom is 0.0424 e. The van der Waals surface area contributed by atoms with Gasteiger partial charge in [-0.1, -0.05) is 30.3 Å². The molecule has 1 aromatic heterocycles. The highest BCUT2D eigenvalue weighted by atomic mass is 79.9. The molecule has 0 bridgehead atoms. The molecule has 0 aliphatic heterocycles. The van der Waals surface area contributed by atoms with Gasteiger partial charge in [-0.25, -0.2) is 0 Å². The summed E-state index contributed by atoms with van der Waals surface area (Å²) in [5.41, 5.74) is 7.84. The molecule has 2 N–H and O–H groups in total. The molecule has 0 radical (unpaired) electrons. The van der Waals surface area contributed by atoms with Crippen LogP contribution in [0.15, 0.2) is 40.9 Å². The Morgan fingerprint density at radius 1 is 1.33 bits per heavy atom. The van der Waals surface area contributed by atoms with Crippen LogP contribution in [-0.2, 0) is 0 Å². The fourth-order valence-electron chi connectivity index (χ4n) is 2.55. The van der Waals surface area contributed by atoms with Gasteiger partial charge >= 0.3 is 0 Å². The van der Waals surface area contributed by atoms with E-state index in [4.69, 9.17) is 5.73 Å². The lowest BCUT2D eigenvalue weighted by Gasteiger charge is -2.09. The van der Waals surface area contributed by atoms with Gasteiger partial charge in [-0.05, 0) is 52.7 Å². The summed E-state index contributed by atoms with van der Waals surface area (Å²) in [5.74, 6) is 1.26.